The van der Waals surface area contributed by atoms with Crippen molar-refractivity contribution in [2.24, 2.45) is 0 Å². The van der Waals surface area contributed by atoms with Gasteiger partial charge in [-0.25, -0.2) is 0 Å². The number of rotatable bonds is 2. The smallest absolute Gasteiger partial charge is 0.314 e. The highest BCUT2D eigenvalue weighted by Gasteiger charge is 2.04. The average molecular weight is 237 g/mol. The van der Waals surface area contributed by atoms with Gasteiger partial charge >= 0.3 is 11.1 Å². The Bertz CT molecular complexity index is 645. The molecular formula is C10H11N3O2S. The van der Waals surface area contributed by atoms with Crippen LogP contribution in [0.3, 0.4) is 0 Å². The molecule has 2 rings (SSSR count). The molecule has 84 valence electrons. The molecule has 0 radical (unpaired) electrons. The molecule has 0 fully saturated rings. The molecule has 0 aliphatic heterocycles. The molecule has 1 aromatic carbocycles. The summed E-state index contributed by atoms with van der Waals surface area (Å²) < 4.78 is 2.97. The number of aromatic nitrogens is 2. The lowest BCUT2D eigenvalue weighted by molar-refractivity contribution is 1.13. The Morgan fingerprint density at radius 1 is 1.12 bits per heavy atom. The first-order valence-electron chi connectivity index (χ1n) is 4.72. The topological polar surface area (TPSA) is 77.8 Å². The van der Waals surface area contributed by atoms with E-state index in [4.69, 9.17) is 0 Å². The zero-order valence-corrected chi connectivity index (χ0v) is 9.70. The van der Waals surface area contributed by atoms with Crippen LogP contribution < -0.4 is 15.8 Å². The highest BCUT2D eigenvalue weighted by atomic mass is 32.2. The number of aryl methyl sites for hydroxylation is 1. The first-order chi connectivity index (χ1) is 7.61. The Morgan fingerprint density at radius 3 is 2.25 bits per heavy atom. The van der Waals surface area contributed by atoms with Crippen molar-refractivity contribution in [3.63, 3.8) is 0 Å². The van der Waals surface area contributed by atoms with Gasteiger partial charge in [0.05, 0.1) is 11.0 Å². The van der Waals surface area contributed by atoms with Crippen molar-refractivity contribution in [3.8, 4) is 0 Å². The number of benzene rings is 1. The Balaban J connectivity index is 2.74. The van der Waals surface area contributed by atoms with Gasteiger partial charge in [0.25, 0.3) is 0 Å². The predicted molar refractivity (Wildman–Crippen MR) is 64.8 cm³/mol. The van der Waals surface area contributed by atoms with E-state index in [-0.39, 0.29) is 0 Å². The summed E-state index contributed by atoms with van der Waals surface area (Å²) in [6.07, 6.45) is 0. The van der Waals surface area contributed by atoms with Crippen molar-refractivity contribution in [1.29, 1.82) is 0 Å². The van der Waals surface area contributed by atoms with Gasteiger partial charge in [-0.3, -0.25) is 14.3 Å². The molecule has 0 amide bonds. The Morgan fingerprint density at radius 2 is 1.69 bits per heavy atom. The molecule has 1 aromatic heterocycles. The van der Waals surface area contributed by atoms with Gasteiger partial charge in [-0.15, -0.1) is 0 Å². The van der Waals surface area contributed by atoms with Crippen LogP contribution in [0.25, 0.3) is 11.0 Å². The van der Waals surface area contributed by atoms with Gasteiger partial charge in [0.1, 0.15) is 0 Å². The molecular weight excluding hydrogens is 226 g/mol. The summed E-state index contributed by atoms with van der Waals surface area (Å²) >= 11 is 1.46. The zero-order valence-electron chi connectivity index (χ0n) is 8.88. The van der Waals surface area contributed by atoms with Gasteiger partial charge < -0.3 is 9.97 Å². The van der Waals surface area contributed by atoms with E-state index in [9.17, 15) is 9.59 Å². The van der Waals surface area contributed by atoms with Crippen LogP contribution in [0.2, 0.25) is 0 Å². The summed E-state index contributed by atoms with van der Waals surface area (Å²) in [4.78, 5) is 28.4. The summed E-state index contributed by atoms with van der Waals surface area (Å²) in [5.41, 5.74) is 1.06. The molecule has 0 atom stereocenters. The highest BCUT2D eigenvalue weighted by Crippen LogP contribution is 2.22. The SMILES string of the molecule is CNSc1cc2[nH]c(=O)c(=O)[nH]c2cc1C. The number of fused-ring (bicyclic) bond motifs is 1. The van der Waals surface area contributed by atoms with Crippen molar-refractivity contribution in [3.05, 3.63) is 38.4 Å². The zero-order chi connectivity index (χ0) is 11.7. The first-order valence-corrected chi connectivity index (χ1v) is 5.54. The minimum Gasteiger partial charge on any atom is -0.316 e. The maximum absolute atomic E-state index is 11.2. The van der Waals surface area contributed by atoms with Crippen LogP contribution in [0.1, 0.15) is 5.56 Å². The van der Waals surface area contributed by atoms with Gasteiger partial charge in [-0.2, -0.15) is 0 Å². The maximum Gasteiger partial charge on any atom is 0.314 e. The number of nitrogens with one attached hydrogen (secondary N) is 3. The van der Waals surface area contributed by atoms with Crippen LogP contribution in [0.5, 0.6) is 0 Å². The molecule has 6 heteroatoms. The lowest BCUT2D eigenvalue weighted by Gasteiger charge is -2.06. The number of hydrogen-bond donors (Lipinski definition) is 3. The lowest BCUT2D eigenvalue weighted by Crippen LogP contribution is -2.28. The van der Waals surface area contributed by atoms with Gasteiger partial charge in [0.2, 0.25) is 0 Å². The predicted octanol–water partition coefficient (Wildman–Crippen LogP) is 0.751. The highest BCUT2D eigenvalue weighted by molar-refractivity contribution is 7.97. The van der Waals surface area contributed by atoms with Crippen molar-refractivity contribution >= 4 is 23.0 Å². The second-order valence-electron chi connectivity index (χ2n) is 3.38. The van der Waals surface area contributed by atoms with Crippen molar-refractivity contribution in [2.45, 2.75) is 11.8 Å². The number of hydrogen-bond acceptors (Lipinski definition) is 4. The minimum atomic E-state index is -0.628. The molecule has 0 spiro atoms. The van der Waals surface area contributed by atoms with E-state index < -0.39 is 11.1 Å². The van der Waals surface area contributed by atoms with Gasteiger partial charge in [-0.05, 0) is 43.6 Å². The fourth-order valence-corrected chi connectivity index (χ4v) is 2.09. The van der Waals surface area contributed by atoms with E-state index in [1.807, 2.05) is 26.1 Å². The lowest BCUT2D eigenvalue weighted by atomic mass is 10.2. The molecule has 1 heterocycles. The maximum atomic E-state index is 11.2. The van der Waals surface area contributed by atoms with Crippen molar-refractivity contribution < 1.29 is 0 Å². The monoisotopic (exact) mass is 237 g/mol. The summed E-state index contributed by atoms with van der Waals surface area (Å²) in [7, 11) is 1.82. The van der Waals surface area contributed by atoms with E-state index in [1.54, 1.807) is 0 Å². The molecule has 16 heavy (non-hydrogen) atoms. The van der Waals surface area contributed by atoms with Crippen LogP contribution >= 0.6 is 11.9 Å². The largest absolute Gasteiger partial charge is 0.316 e. The normalized spacial score (nSPS) is 10.9. The number of H-pyrrole nitrogens is 2. The van der Waals surface area contributed by atoms with E-state index in [1.165, 1.54) is 11.9 Å². The summed E-state index contributed by atoms with van der Waals surface area (Å²) in [6.45, 7) is 1.95. The summed E-state index contributed by atoms with van der Waals surface area (Å²) in [5, 5.41) is 0. The van der Waals surface area contributed by atoms with E-state index in [2.05, 4.69) is 14.7 Å². The molecule has 0 saturated heterocycles. The van der Waals surface area contributed by atoms with Crippen LogP contribution in [0, 0.1) is 6.92 Å². The molecule has 2 aromatic rings. The molecule has 5 nitrogen and oxygen atoms in total. The average Bonchev–Trinajstić information content (AvgIpc) is 2.23. The minimum absolute atomic E-state index is 0.624. The Labute approximate surface area is 95.4 Å². The summed E-state index contributed by atoms with van der Waals surface area (Å²) in [6, 6.07) is 3.68. The Hall–Kier alpha value is -1.53. The third kappa shape index (κ3) is 1.89. The van der Waals surface area contributed by atoms with Crippen LogP contribution in [0.15, 0.2) is 26.6 Å². The van der Waals surface area contributed by atoms with Gasteiger partial charge in [-0.1, -0.05) is 0 Å². The fourth-order valence-electron chi connectivity index (χ4n) is 1.47. The Kier molecular flexibility index (Phi) is 2.84. The molecule has 0 unspecified atom stereocenters. The second kappa shape index (κ2) is 4.15. The van der Waals surface area contributed by atoms with Gasteiger partial charge in [0.15, 0.2) is 0 Å². The molecule has 0 bridgehead atoms. The van der Waals surface area contributed by atoms with Crippen LogP contribution in [0.4, 0.5) is 0 Å². The van der Waals surface area contributed by atoms with Gasteiger partial charge in [0, 0.05) is 4.90 Å². The number of aromatic amines is 2. The molecule has 0 aliphatic carbocycles. The molecule has 0 aliphatic rings. The van der Waals surface area contributed by atoms with Crippen LogP contribution in [-0.4, -0.2) is 17.0 Å². The molecule has 3 N–H and O–H groups in total. The quantitative estimate of drug-likeness (QED) is 0.532. The van der Waals surface area contributed by atoms with Crippen LogP contribution in [-0.2, 0) is 0 Å². The summed E-state index contributed by atoms with van der Waals surface area (Å²) in [5.74, 6) is 0. The van der Waals surface area contributed by atoms with E-state index >= 15 is 0 Å². The standard InChI is InChI=1S/C10H11N3O2S/c1-5-3-6-7(4-8(5)16-11-2)13-10(15)9(14)12-6/h3-4,11H,1-2H3,(H,12,14)(H,13,15). The third-order valence-electron chi connectivity index (χ3n) is 2.23. The fraction of sp³-hybridized carbons (Fsp3) is 0.200. The molecule has 0 saturated carbocycles. The second-order valence-corrected chi connectivity index (χ2v) is 4.43. The third-order valence-corrected chi connectivity index (χ3v) is 3.09. The van der Waals surface area contributed by atoms with E-state index in [0.29, 0.717) is 11.0 Å². The first kappa shape index (κ1) is 11.0. The van der Waals surface area contributed by atoms with Crippen molar-refractivity contribution in [2.75, 3.05) is 7.05 Å². The van der Waals surface area contributed by atoms with Crippen molar-refractivity contribution in [1.82, 2.24) is 14.7 Å². The van der Waals surface area contributed by atoms with E-state index in [0.717, 1.165) is 10.5 Å².